The van der Waals surface area contributed by atoms with E-state index in [-0.39, 0.29) is 43.8 Å². The Morgan fingerprint density at radius 3 is 2.33 bits per heavy atom. The highest BCUT2D eigenvalue weighted by Gasteiger charge is 2.28. The second kappa shape index (κ2) is 13.2. The third kappa shape index (κ3) is 7.94. The molecule has 0 spiro atoms. The number of anilines is 1. The molecular weight excluding hydrogens is 485 g/mol. The zero-order chi connectivity index (χ0) is 26.9. The first-order valence-electron chi connectivity index (χ1n) is 11.9. The first-order chi connectivity index (χ1) is 17.0. The topological polar surface area (TPSA) is 96.0 Å². The molecule has 2 unspecified atom stereocenters. The maximum Gasteiger partial charge on any atom is 0.242 e. The maximum atomic E-state index is 14.4. The fourth-order valence-electron chi connectivity index (χ4n) is 3.68. The van der Waals surface area contributed by atoms with Crippen molar-refractivity contribution in [2.75, 3.05) is 24.2 Å². The van der Waals surface area contributed by atoms with Gasteiger partial charge in [-0.1, -0.05) is 37.3 Å². The Balaban J connectivity index is 2.21. The number of methoxy groups -OCH3 is 1. The van der Waals surface area contributed by atoms with Gasteiger partial charge in [0.05, 0.1) is 19.1 Å². The molecule has 2 atom stereocenters. The summed E-state index contributed by atoms with van der Waals surface area (Å²) >= 11 is 0. The molecule has 1 N–H and O–H groups in total. The number of amides is 2. The summed E-state index contributed by atoms with van der Waals surface area (Å²) in [4.78, 5) is 27.4. The maximum absolute atomic E-state index is 14.4. The third-order valence-electron chi connectivity index (χ3n) is 5.97. The summed E-state index contributed by atoms with van der Waals surface area (Å²) < 4.78 is 45.9. The summed E-state index contributed by atoms with van der Waals surface area (Å²) in [5, 5.41) is 2.87. The first-order valence-corrected chi connectivity index (χ1v) is 13.8. The number of hydrogen-bond acceptors (Lipinski definition) is 5. The van der Waals surface area contributed by atoms with Gasteiger partial charge in [-0.15, -0.1) is 0 Å². The molecule has 2 aromatic rings. The smallest absolute Gasteiger partial charge is 0.242 e. The van der Waals surface area contributed by atoms with Gasteiger partial charge in [-0.05, 0) is 44.9 Å². The molecule has 0 aromatic heterocycles. The van der Waals surface area contributed by atoms with E-state index in [1.807, 2.05) is 13.8 Å². The molecule has 10 heteroatoms. The average molecular weight is 522 g/mol. The van der Waals surface area contributed by atoms with Crippen LogP contribution in [0.5, 0.6) is 5.75 Å². The number of benzene rings is 2. The van der Waals surface area contributed by atoms with Crippen molar-refractivity contribution in [1.29, 1.82) is 0 Å². The van der Waals surface area contributed by atoms with Crippen LogP contribution in [0.3, 0.4) is 0 Å². The summed E-state index contributed by atoms with van der Waals surface area (Å²) in [5.41, 5.74) is 0.667. The van der Waals surface area contributed by atoms with E-state index in [2.05, 4.69) is 5.32 Å². The van der Waals surface area contributed by atoms with Gasteiger partial charge < -0.3 is 15.0 Å². The molecule has 0 aliphatic heterocycles. The van der Waals surface area contributed by atoms with Crippen LogP contribution >= 0.6 is 0 Å². The van der Waals surface area contributed by atoms with Gasteiger partial charge in [-0.2, -0.15) is 0 Å². The van der Waals surface area contributed by atoms with E-state index < -0.39 is 21.9 Å². The van der Waals surface area contributed by atoms with Gasteiger partial charge in [0, 0.05) is 31.1 Å². The molecule has 0 heterocycles. The van der Waals surface area contributed by atoms with E-state index in [1.54, 1.807) is 49.4 Å². The molecular formula is C26H36FN3O5S. The number of hydrogen-bond donors (Lipinski definition) is 1. The van der Waals surface area contributed by atoms with Gasteiger partial charge in [0.1, 0.15) is 17.6 Å². The minimum atomic E-state index is -3.65. The highest BCUT2D eigenvalue weighted by molar-refractivity contribution is 7.92. The minimum absolute atomic E-state index is 0.0312. The van der Waals surface area contributed by atoms with Gasteiger partial charge >= 0.3 is 0 Å². The summed E-state index contributed by atoms with van der Waals surface area (Å²) in [7, 11) is -2.20. The molecule has 2 rings (SSSR count). The normalized spacial score (nSPS) is 12.9. The molecule has 0 bridgehead atoms. The van der Waals surface area contributed by atoms with Crippen LogP contribution in [0.2, 0.25) is 0 Å². The zero-order valence-corrected chi connectivity index (χ0v) is 22.3. The molecule has 0 aliphatic rings. The molecule has 2 aromatic carbocycles. The van der Waals surface area contributed by atoms with E-state index in [0.29, 0.717) is 17.0 Å². The van der Waals surface area contributed by atoms with E-state index in [0.717, 1.165) is 12.7 Å². The molecule has 0 aliphatic carbocycles. The lowest BCUT2D eigenvalue weighted by molar-refractivity contribution is -0.141. The number of para-hydroxylation sites is 2. The van der Waals surface area contributed by atoms with Crippen molar-refractivity contribution in [1.82, 2.24) is 10.2 Å². The van der Waals surface area contributed by atoms with Crippen LogP contribution < -0.4 is 14.4 Å². The fraction of sp³-hybridized carbons (Fsp3) is 0.462. The Morgan fingerprint density at radius 2 is 1.72 bits per heavy atom. The molecule has 0 saturated heterocycles. The van der Waals surface area contributed by atoms with E-state index in [1.165, 1.54) is 22.4 Å². The van der Waals surface area contributed by atoms with Crippen molar-refractivity contribution >= 4 is 27.5 Å². The van der Waals surface area contributed by atoms with Crippen LogP contribution in [-0.2, 0) is 26.2 Å². The third-order valence-corrected chi connectivity index (χ3v) is 7.15. The number of rotatable bonds is 13. The number of nitrogens with one attached hydrogen (secondary N) is 1. The second-order valence-electron chi connectivity index (χ2n) is 8.72. The molecule has 0 fully saturated rings. The van der Waals surface area contributed by atoms with Crippen molar-refractivity contribution in [3.8, 4) is 5.75 Å². The van der Waals surface area contributed by atoms with Crippen LogP contribution in [0.1, 0.15) is 45.6 Å². The minimum Gasteiger partial charge on any atom is -0.495 e. The van der Waals surface area contributed by atoms with Crippen LogP contribution in [0.15, 0.2) is 48.5 Å². The van der Waals surface area contributed by atoms with Crippen molar-refractivity contribution in [3.63, 3.8) is 0 Å². The largest absolute Gasteiger partial charge is 0.495 e. The molecule has 36 heavy (non-hydrogen) atoms. The lowest BCUT2D eigenvalue weighted by Gasteiger charge is -2.30. The van der Waals surface area contributed by atoms with E-state index in [9.17, 15) is 22.4 Å². The van der Waals surface area contributed by atoms with Crippen molar-refractivity contribution in [2.45, 2.75) is 58.7 Å². The Morgan fingerprint density at radius 1 is 1.08 bits per heavy atom. The quantitative estimate of drug-likeness (QED) is 0.434. The molecule has 2 amide bonds. The van der Waals surface area contributed by atoms with Crippen LogP contribution in [0.4, 0.5) is 10.1 Å². The monoisotopic (exact) mass is 521 g/mol. The number of halogens is 1. The number of carbonyl (C=O) groups is 2. The fourth-order valence-corrected chi connectivity index (χ4v) is 4.65. The summed E-state index contributed by atoms with van der Waals surface area (Å²) in [5.74, 6) is -0.783. The average Bonchev–Trinajstić information content (AvgIpc) is 2.84. The number of ether oxygens (including phenoxy) is 1. The standard InChI is InChI=1S/C26H36FN3O5S/c1-6-19(2)28-26(32)20(3)29(18-21-12-7-8-13-22(21)27)25(31)16-11-17-30(36(5,33)34)23-14-9-10-15-24(23)35-4/h7-10,12-15,19-20H,6,11,16-18H2,1-5H3,(H,28,32). The Labute approximate surface area is 213 Å². The Bertz CT molecular complexity index is 1140. The van der Waals surface area contributed by atoms with Gasteiger partial charge in [0.2, 0.25) is 21.8 Å². The van der Waals surface area contributed by atoms with Crippen molar-refractivity contribution < 1.29 is 27.1 Å². The van der Waals surface area contributed by atoms with E-state index >= 15 is 0 Å². The van der Waals surface area contributed by atoms with Crippen LogP contribution in [0.25, 0.3) is 0 Å². The zero-order valence-electron chi connectivity index (χ0n) is 21.5. The highest BCUT2D eigenvalue weighted by Crippen LogP contribution is 2.29. The summed E-state index contributed by atoms with van der Waals surface area (Å²) in [6, 6.07) is 11.9. The van der Waals surface area contributed by atoms with Gasteiger partial charge in [0.25, 0.3) is 0 Å². The molecule has 0 radical (unpaired) electrons. The Hall–Kier alpha value is -3.14. The number of carbonyl (C=O) groups excluding carboxylic acids is 2. The summed E-state index contributed by atoms with van der Waals surface area (Å²) in [6.07, 6.45) is 1.98. The molecule has 0 saturated carbocycles. The van der Waals surface area contributed by atoms with Crippen LogP contribution in [0, 0.1) is 5.82 Å². The predicted molar refractivity (Wildman–Crippen MR) is 139 cm³/mol. The van der Waals surface area contributed by atoms with Gasteiger partial charge in [-0.3, -0.25) is 13.9 Å². The Kier molecular flexibility index (Phi) is 10.7. The summed E-state index contributed by atoms with van der Waals surface area (Å²) in [6.45, 7) is 5.36. The molecule has 198 valence electrons. The number of nitrogens with zero attached hydrogens (tertiary/aromatic N) is 2. The van der Waals surface area contributed by atoms with Crippen molar-refractivity contribution in [3.05, 3.63) is 59.9 Å². The van der Waals surface area contributed by atoms with E-state index in [4.69, 9.17) is 4.74 Å². The highest BCUT2D eigenvalue weighted by atomic mass is 32.2. The lowest BCUT2D eigenvalue weighted by Crippen LogP contribution is -2.49. The molecule has 8 nitrogen and oxygen atoms in total. The lowest BCUT2D eigenvalue weighted by atomic mass is 10.1. The SMILES string of the molecule is CCC(C)NC(=O)C(C)N(Cc1ccccc1F)C(=O)CCCN(c1ccccc1OC)S(C)(=O)=O. The predicted octanol–water partition coefficient (Wildman–Crippen LogP) is 3.71. The first kappa shape index (κ1) is 29.1. The second-order valence-corrected chi connectivity index (χ2v) is 10.6. The van der Waals surface area contributed by atoms with Gasteiger partial charge in [0.15, 0.2) is 0 Å². The van der Waals surface area contributed by atoms with Crippen LogP contribution in [-0.4, -0.2) is 57.1 Å². The van der Waals surface area contributed by atoms with Crippen molar-refractivity contribution in [2.24, 2.45) is 0 Å². The van der Waals surface area contributed by atoms with Gasteiger partial charge in [-0.25, -0.2) is 12.8 Å². The number of sulfonamides is 1.